The topological polar surface area (TPSA) is 59.1 Å². The summed E-state index contributed by atoms with van der Waals surface area (Å²) in [4.78, 5) is 0. The van der Waals surface area contributed by atoms with Gasteiger partial charge in [0.15, 0.2) is 6.61 Å². The maximum absolute atomic E-state index is 13.6. The second kappa shape index (κ2) is 9.07. The molecule has 1 aromatic rings. The third kappa shape index (κ3) is 4.77. The van der Waals surface area contributed by atoms with Crippen molar-refractivity contribution in [2.75, 3.05) is 6.61 Å². The maximum atomic E-state index is 13.6. The normalized spacial score (nSPS) is 14.4. The fourth-order valence-corrected chi connectivity index (χ4v) is 1.99. The minimum absolute atomic E-state index is 0. The summed E-state index contributed by atoms with van der Waals surface area (Å²) in [6.07, 6.45) is -7.65. The fraction of sp³-hybridized carbons (Fsp3) is 0.533. The van der Waals surface area contributed by atoms with Crippen molar-refractivity contribution < 1.29 is 70.6 Å². The Balaban J connectivity index is 0.0000109. The van der Waals surface area contributed by atoms with E-state index >= 15 is 0 Å². The van der Waals surface area contributed by atoms with Crippen molar-refractivity contribution in [2.45, 2.75) is 41.7 Å². The van der Waals surface area contributed by atoms with Crippen molar-refractivity contribution in [3.8, 4) is 5.75 Å². The largest absolute Gasteiger partial charge is 0.487 e. The van der Waals surface area contributed by atoms with Crippen molar-refractivity contribution in [1.82, 2.24) is 0 Å². The first-order chi connectivity index (χ1) is 14.4. The van der Waals surface area contributed by atoms with Crippen molar-refractivity contribution in [3.05, 3.63) is 29.8 Å². The zero-order chi connectivity index (χ0) is 26.5. The highest BCUT2D eigenvalue weighted by atomic mass is 35.5. The predicted molar refractivity (Wildman–Crippen MR) is 85.9 cm³/mol. The summed E-state index contributed by atoms with van der Waals surface area (Å²) in [6, 6.07) is 3.01. The number of nitrogens with two attached hydrogens (primary N) is 1. The van der Waals surface area contributed by atoms with Gasteiger partial charge in [-0.1, -0.05) is 0 Å². The first kappa shape index (κ1) is 31.7. The first-order valence-electron chi connectivity index (χ1n) is 7.79. The van der Waals surface area contributed by atoms with Crippen LogP contribution in [-0.4, -0.2) is 54.2 Å². The number of rotatable bonds is 9. The van der Waals surface area contributed by atoms with Crippen LogP contribution in [0.3, 0.4) is 0 Å². The predicted octanol–water partition coefficient (Wildman–Crippen LogP) is 6.15. The molecule has 0 spiro atoms. The zero-order valence-electron chi connectivity index (χ0n) is 15.6. The molecule has 0 aliphatic carbocycles. The van der Waals surface area contributed by atoms with E-state index in [4.69, 9.17) is 11.1 Å². The number of ether oxygens (including phenoxy) is 1. The Morgan fingerprint density at radius 2 is 1.00 bits per heavy atom. The SMILES string of the molecule is Cl.N=C(N)c1ccc(OCC(F)(F)C(F)(F)C(F)(F)C(F)(F)C(F)(F)C(F)(F)C(F)(F)F)cc1. The number of benzene rings is 1. The Morgan fingerprint density at radius 3 is 1.35 bits per heavy atom. The molecule has 0 bridgehead atoms. The summed E-state index contributed by atoms with van der Waals surface area (Å²) < 4.78 is 200. The quantitative estimate of drug-likeness (QED) is 0.219. The van der Waals surface area contributed by atoms with Crippen LogP contribution in [0.5, 0.6) is 5.75 Å². The van der Waals surface area contributed by atoms with Gasteiger partial charge in [-0.2, -0.15) is 65.9 Å². The fourth-order valence-electron chi connectivity index (χ4n) is 1.99. The molecule has 3 N–H and O–H groups in total. The third-order valence-electron chi connectivity index (χ3n) is 3.98. The van der Waals surface area contributed by atoms with Gasteiger partial charge in [-0.15, -0.1) is 12.4 Å². The minimum atomic E-state index is -8.34. The van der Waals surface area contributed by atoms with E-state index in [-0.39, 0.29) is 18.0 Å². The van der Waals surface area contributed by atoms with Gasteiger partial charge in [-0.3, -0.25) is 5.41 Å². The average Bonchev–Trinajstić information content (AvgIpc) is 2.65. The molecule has 1 aromatic carbocycles. The zero-order valence-corrected chi connectivity index (χ0v) is 16.4. The number of amidine groups is 1. The molecule has 0 unspecified atom stereocenters. The molecule has 1 rings (SSSR count). The number of nitrogen functional groups attached to an aromatic ring is 1. The molecular weight excluding hydrogens is 545 g/mol. The van der Waals surface area contributed by atoms with Crippen LogP contribution in [0.1, 0.15) is 5.56 Å². The lowest BCUT2D eigenvalue weighted by atomic mass is 9.91. The van der Waals surface area contributed by atoms with Crippen LogP contribution in [0.4, 0.5) is 65.9 Å². The van der Waals surface area contributed by atoms with Crippen LogP contribution >= 0.6 is 12.4 Å². The minimum Gasteiger partial charge on any atom is -0.487 e. The van der Waals surface area contributed by atoms with Gasteiger partial charge >= 0.3 is 41.7 Å². The average molecular weight is 555 g/mol. The molecule has 19 heteroatoms. The van der Waals surface area contributed by atoms with E-state index in [0.717, 1.165) is 12.1 Å². The first-order valence-corrected chi connectivity index (χ1v) is 7.79. The highest BCUT2D eigenvalue weighted by Gasteiger charge is 2.93. The van der Waals surface area contributed by atoms with E-state index in [0.29, 0.717) is 12.1 Å². The van der Waals surface area contributed by atoms with Crippen LogP contribution < -0.4 is 10.5 Å². The number of halogens is 16. The molecule has 0 amide bonds. The van der Waals surface area contributed by atoms with Gasteiger partial charge in [0, 0.05) is 5.56 Å². The van der Waals surface area contributed by atoms with E-state index in [1.54, 1.807) is 0 Å². The second-order valence-electron chi connectivity index (χ2n) is 6.30. The number of nitrogens with one attached hydrogen (secondary N) is 1. The van der Waals surface area contributed by atoms with Gasteiger partial charge in [0.1, 0.15) is 11.6 Å². The maximum Gasteiger partial charge on any atom is 0.460 e. The number of alkyl halides is 15. The van der Waals surface area contributed by atoms with Gasteiger partial charge in [-0.25, -0.2) is 0 Å². The van der Waals surface area contributed by atoms with Gasteiger partial charge in [0.25, 0.3) is 0 Å². The molecule has 0 aliphatic heterocycles. The second-order valence-corrected chi connectivity index (χ2v) is 6.30. The molecular formula is C15H10ClF15N2O. The molecule has 34 heavy (non-hydrogen) atoms. The van der Waals surface area contributed by atoms with Gasteiger partial charge < -0.3 is 10.5 Å². The summed E-state index contributed by atoms with van der Waals surface area (Å²) in [5.41, 5.74) is 4.94. The van der Waals surface area contributed by atoms with Crippen LogP contribution in [0.15, 0.2) is 24.3 Å². The lowest BCUT2D eigenvalue weighted by Gasteiger charge is -2.41. The Hall–Kier alpha value is -2.27. The molecule has 0 saturated heterocycles. The highest BCUT2D eigenvalue weighted by Crippen LogP contribution is 2.62. The van der Waals surface area contributed by atoms with Crippen molar-refractivity contribution in [3.63, 3.8) is 0 Å². The van der Waals surface area contributed by atoms with E-state index in [1.165, 1.54) is 0 Å². The Kier molecular flexibility index (Phi) is 8.46. The standard InChI is InChI=1S/C15H9F15N2O.ClH/c16-9(17,5-33-7-3-1-6(2-4-7)8(31)32)10(18,19)11(20,21)12(22,23)13(24,25)14(26,27)15(28,29)30;/h1-4H,5H2,(H3,31,32);1H. The molecule has 198 valence electrons. The number of hydrogen-bond donors (Lipinski definition) is 2. The Bertz CT molecular complexity index is 868. The van der Waals surface area contributed by atoms with E-state index in [1.807, 2.05) is 0 Å². The molecule has 0 saturated carbocycles. The summed E-state index contributed by atoms with van der Waals surface area (Å²) >= 11 is 0. The lowest BCUT2D eigenvalue weighted by Crippen LogP contribution is -2.73. The summed E-state index contributed by atoms with van der Waals surface area (Å²) in [7, 11) is 0. The van der Waals surface area contributed by atoms with Crippen LogP contribution in [0.25, 0.3) is 0 Å². The smallest absolute Gasteiger partial charge is 0.460 e. The van der Waals surface area contributed by atoms with Gasteiger partial charge in [0.2, 0.25) is 0 Å². The molecule has 0 heterocycles. The molecule has 0 aromatic heterocycles. The van der Waals surface area contributed by atoms with Crippen LogP contribution in [-0.2, 0) is 0 Å². The van der Waals surface area contributed by atoms with Gasteiger partial charge in [-0.05, 0) is 24.3 Å². The molecule has 3 nitrogen and oxygen atoms in total. The lowest BCUT2D eigenvalue weighted by molar-refractivity contribution is -0.453. The highest BCUT2D eigenvalue weighted by molar-refractivity contribution is 5.94. The molecule has 0 aliphatic rings. The van der Waals surface area contributed by atoms with E-state index in [9.17, 15) is 65.9 Å². The van der Waals surface area contributed by atoms with Crippen molar-refractivity contribution >= 4 is 18.2 Å². The van der Waals surface area contributed by atoms with Gasteiger partial charge in [0.05, 0.1) is 0 Å². The van der Waals surface area contributed by atoms with Crippen LogP contribution in [0.2, 0.25) is 0 Å². The van der Waals surface area contributed by atoms with E-state index < -0.39 is 59.9 Å². The van der Waals surface area contributed by atoms with E-state index in [2.05, 4.69) is 4.74 Å². The Morgan fingerprint density at radius 1 is 0.647 bits per heavy atom. The molecule has 0 fully saturated rings. The monoisotopic (exact) mass is 554 g/mol. The molecule has 0 atom stereocenters. The number of hydrogen-bond acceptors (Lipinski definition) is 2. The van der Waals surface area contributed by atoms with Crippen molar-refractivity contribution in [2.24, 2.45) is 5.73 Å². The third-order valence-corrected chi connectivity index (χ3v) is 3.98. The summed E-state index contributed by atoms with van der Waals surface area (Å²) in [5, 5.41) is 7.03. The Labute approximate surface area is 184 Å². The summed E-state index contributed by atoms with van der Waals surface area (Å²) in [5.74, 6) is -48.4. The molecule has 0 radical (unpaired) electrons. The summed E-state index contributed by atoms with van der Waals surface area (Å²) in [6.45, 7) is -2.94. The van der Waals surface area contributed by atoms with Crippen LogP contribution in [0, 0.1) is 5.41 Å². The van der Waals surface area contributed by atoms with Crippen molar-refractivity contribution in [1.29, 1.82) is 5.41 Å².